The summed E-state index contributed by atoms with van der Waals surface area (Å²) in [5.41, 5.74) is 0.643. The van der Waals surface area contributed by atoms with E-state index in [1.807, 2.05) is 30.3 Å². The van der Waals surface area contributed by atoms with Gasteiger partial charge in [0.15, 0.2) is 5.78 Å². The van der Waals surface area contributed by atoms with Crippen LogP contribution in [-0.4, -0.2) is 24.7 Å². The Kier molecular flexibility index (Phi) is 5.94. The molecule has 0 N–H and O–H groups in total. The predicted octanol–water partition coefficient (Wildman–Crippen LogP) is 2.07. The summed E-state index contributed by atoms with van der Waals surface area (Å²) in [4.78, 5) is 23.0. The summed E-state index contributed by atoms with van der Waals surface area (Å²) >= 11 is 5.39. The summed E-state index contributed by atoms with van der Waals surface area (Å²) < 4.78 is 9.66. The van der Waals surface area contributed by atoms with Gasteiger partial charge in [-0.2, -0.15) is 0 Å². The summed E-state index contributed by atoms with van der Waals surface area (Å²) in [6.45, 7) is 0.0935. The molecular weight excluding hydrogens is 256 g/mol. The van der Waals surface area contributed by atoms with Crippen LogP contribution in [0, 0.1) is 0 Å². The minimum Gasteiger partial charge on any atom is -0.503 e. The third-order valence-electron chi connectivity index (χ3n) is 2.09. The number of hydrogen-bond acceptors (Lipinski definition) is 4. The summed E-state index contributed by atoms with van der Waals surface area (Å²) in [7, 11) is 1.34. The van der Waals surface area contributed by atoms with Crippen molar-refractivity contribution in [3.8, 4) is 0 Å². The fraction of sp³-hybridized carbons (Fsp3) is 0.231. The van der Waals surface area contributed by atoms with Crippen LogP contribution >= 0.6 is 11.6 Å². The van der Waals surface area contributed by atoms with E-state index in [1.54, 1.807) is 0 Å². The molecule has 96 valence electrons. The maximum atomic E-state index is 11.7. The highest BCUT2D eigenvalue weighted by molar-refractivity contribution is 6.34. The quantitative estimate of drug-likeness (QED) is 0.198. The fourth-order valence-electron chi connectivity index (χ4n) is 1.22. The third-order valence-corrected chi connectivity index (χ3v) is 2.33. The van der Waals surface area contributed by atoms with Crippen LogP contribution in [0.2, 0.25) is 0 Å². The summed E-state index contributed by atoms with van der Waals surface area (Å²) in [5.74, 6) is -1.57. The molecule has 0 heterocycles. The molecule has 0 aliphatic carbocycles. The van der Waals surface area contributed by atoms with E-state index in [0.717, 1.165) is 11.8 Å². The Balaban J connectivity index is 2.63. The second-order valence-electron chi connectivity index (χ2n) is 3.39. The van der Waals surface area contributed by atoms with Crippen molar-refractivity contribution in [3.63, 3.8) is 0 Å². The average Bonchev–Trinajstić information content (AvgIpc) is 2.42. The molecule has 0 unspecified atom stereocenters. The van der Waals surface area contributed by atoms with Crippen molar-refractivity contribution < 1.29 is 19.1 Å². The Labute approximate surface area is 110 Å². The van der Waals surface area contributed by atoms with E-state index in [2.05, 4.69) is 4.74 Å². The van der Waals surface area contributed by atoms with Gasteiger partial charge >= 0.3 is 5.97 Å². The van der Waals surface area contributed by atoms with Crippen LogP contribution in [-0.2, 0) is 25.7 Å². The van der Waals surface area contributed by atoms with E-state index in [-0.39, 0.29) is 18.1 Å². The molecule has 0 atom stereocenters. The van der Waals surface area contributed by atoms with Gasteiger partial charge in [-0.25, -0.2) is 4.79 Å². The zero-order valence-electron chi connectivity index (χ0n) is 9.89. The molecule has 5 heteroatoms. The van der Waals surface area contributed by atoms with Crippen molar-refractivity contribution >= 4 is 23.4 Å². The molecule has 0 saturated carbocycles. The summed E-state index contributed by atoms with van der Waals surface area (Å²) in [6, 6.07) is 9.16. The van der Waals surface area contributed by atoms with Crippen LogP contribution in [0.5, 0.6) is 0 Å². The van der Waals surface area contributed by atoms with Gasteiger partial charge in [0.2, 0.25) is 0 Å². The molecule has 4 nitrogen and oxygen atoms in total. The minimum atomic E-state index is -0.744. The normalized spacial score (nSPS) is 10.9. The zero-order chi connectivity index (χ0) is 13.4. The fourth-order valence-corrected chi connectivity index (χ4v) is 1.36. The molecule has 18 heavy (non-hydrogen) atoms. The molecule has 0 saturated heterocycles. The van der Waals surface area contributed by atoms with E-state index in [4.69, 9.17) is 16.3 Å². The number of benzene rings is 1. The molecule has 0 aromatic heterocycles. The number of carbonyl (C=O) groups is 2. The highest BCUT2D eigenvalue weighted by Gasteiger charge is 2.19. The smallest absolute Gasteiger partial charge is 0.345 e. The van der Waals surface area contributed by atoms with Crippen molar-refractivity contribution in [1.29, 1.82) is 0 Å². The Morgan fingerprint density at radius 3 is 2.50 bits per heavy atom. The van der Waals surface area contributed by atoms with Crippen molar-refractivity contribution in [2.75, 3.05) is 13.0 Å². The van der Waals surface area contributed by atoms with E-state index in [0.29, 0.717) is 0 Å². The first kappa shape index (κ1) is 14.3. The molecule has 0 fully saturated rings. The Bertz CT molecular complexity index is 440. The van der Waals surface area contributed by atoms with Crippen LogP contribution in [0.3, 0.4) is 0 Å². The molecule has 0 radical (unpaired) electrons. The number of ketones is 1. The number of Topliss-reactive ketones (excluding diaryl/α,β-unsaturated/α-hetero) is 1. The standard InChI is InChI=1S/C13H13ClO4/c1-17-9-11(12(15)7-14)13(16)18-8-10-5-3-2-4-6-10/h2-6,9H,7-8H2,1H3/b11-9-. The molecule has 0 bridgehead atoms. The van der Waals surface area contributed by atoms with Gasteiger partial charge < -0.3 is 9.47 Å². The molecule has 0 aliphatic rings. The highest BCUT2D eigenvalue weighted by Crippen LogP contribution is 2.06. The lowest BCUT2D eigenvalue weighted by Gasteiger charge is -2.06. The van der Waals surface area contributed by atoms with Crippen LogP contribution in [0.15, 0.2) is 42.2 Å². The predicted molar refractivity (Wildman–Crippen MR) is 67.1 cm³/mol. The van der Waals surface area contributed by atoms with E-state index in [9.17, 15) is 9.59 Å². The van der Waals surface area contributed by atoms with Crippen LogP contribution < -0.4 is 0 Å². The maximum absolute atomic E-state index is 11.7. The van der Waals surface area contributed by atoms with Crippen molar-refractivity contribution in [3.05, 3.63) is 47.7 Å². The van der Waals surface area contributed by atoms with Crippen LogP contribution in [0.1, 0.15) is 5.56 Å². The first-order valence-corrected chi connectivity index (χ1v) is 5.75. The highest BCUT2D eigenvalue weighted by atomic mass is 35.5. The Morgan fingerprint density at radius 2 is 1.94 bits per heavy atom. The molecule has 1 rings (SSSR count). The van der Waals surface area contributed by atoms with E-state index < -0.39 is 11.8 Å². The maximum Gasteiger partial charge on any atom is 0.345 e. The second kappa shape index (κ2) is 7.50. The summed E-state index contributed by atoms with van der Waals surface area (Å²) in [6.07, 6.45) is 1.04. The number of methoxy groups -OCH3 is 1. The largest absolute Gasteiger partial charge is 0.503 e. The number of ether oxygens (including phenoxy) is 2. The lowest BCUT2D eigenvalue weighted by atomic mass is 10.2. The number of rotatable bonds is 6. The lowest BCUT2D eigenvalue weighted by molar-refractivity contribution is -0.141. The number of carbonyl (C=O) groups excluding carboxylic acids is 2. The first-order chi connectivity index (χ1) is 8.69. The molecule has 0 aliphatic heterocycles. The molecule has 1 aromatic carbocycles. The molecular formula is C13H13ClO4. The third kappa shape index (κ3) is 4.22. The average molecular weight is 269 g/mol. The van der Waals surface area contributed by atoms with Crippen molar-refractivity contribution in [2.24, 2.45) is 0 Å². The minimum absolute atomic E-state index is 0.0935. The van der Waals surface area contributed by atoms with Crippen molar-refractivity contribution in [1.82, 2.24) is 0 Å². The topological polar surface area (TPSA) is 52.6 Å². The van der Waals surface area contributed by atoms with Gasteiger partial charge in [0.1, 0.15) is 18.4 Å². The number of esters is 1. The van der Waals surface area contributed by atoms with Crippen LogP contribution in [0.25, 0.3) is 0 Å². The summed E-state index contributed by atoms with van der Waals surface area (Å²) in [5, 5.41) is 0. The van der Waals surface area contributed by atoms with Gasteiger partial charge in [-0.3, -0.25) is 4.79 Å². The van der Waals surface area contributed by atoms with Gasteiger partial charge in [-0.05, 0) is 5.56 Å². The SMILES string of the molecule is CO/C=C(/C(=O)CCl)C(=O)OCc1ccccc1. The number of alkyl halides is 1. The van der Waals surface area contributed by atoms with Crippen molar-refractivity contribution in [2.45, 2.75) is 6.61 Å². The van der Waals surface area contributed by atoms with Gasteiger partial charge in [0.25, 0.3) is 0 Å². The van der Waals surface area contributed by atoms with E-state index in [1.165, 1.54) is 7.11 Å². The van der Waals surface area contributed by atoms with Gasteiger partial charge in [-0.15, -0.1) is 11.6 Å². The van der Waals surface area contributed by atoms with Gasteiger partial charge in [-0.1, -0.05) is 30.3 Å². The monoisotopic (exact) mass is 268 g/mol. The molecule has 1 aromatic rings. The number of hydrogen-bond donors (Lipinski definition) is 0. The first-order valence-electron chi connectivity index (χ1n) is 5.22. The Hall–Kier alpha value is -1.81. The van der Waals surface area contributed by atoms with E-state index >= 15 is 0 Å². The van der Waals surface area contributed by atoms with Gasteiger partial charge in [0, 0.05) is 0 Å². The number of halogens is 1. The zero-order valence-corrected chi connectivity index (χ0v) is 10.6. The molecule has 0 amide bonds. The lowest BCUT2D eigenvalue weighted by Crippen LogP contribution is -2.17. The molecule has 0 spiro atoms. The van der Waals surface area contributed by atoms with Gasteiger partial charge in [0.05, 0.1) is 13.0 Å². The van der Waals surface area contributed by atoms with Crippen LogP contribution in [0.4, 0.5) is 0 Å². The second-order valence-corrected chi connectivity index (χ2v) is 3.65. The Morgan fingerprint density at radius 1 is 1.28 bits per heavy atom.